The van der Waals surface area contributed by atoms with Crippen molar-refractivity contribution in [1.82, 2.24) is 4.90 Å². The van der Waals surface area contributed by atoms with E-state index in [1.54, 1.807) is 6.26 Å². The summed E-state index contributed by atoms with van der Waals surface area (Å²) in [5.74, 6) is 0. The number of benzene rings is 1. The fourth-order valence-electron chi connectivity index (χ4n) is 2.68. The lowest BCUT2D eigenvalue weighted by molar-refractivity contribution is 0.248. The first-order valence-electron chi connectivity index (χ1n) is 6.12. The second-order valence-electron chi connectivity index (χ2n) is 4.79. The molecular formula is C15H17NO. The Labute approximate surface area is 102 Å². The predicted octanol–water partition coefficient (Wildman–Crippen LogP) is 3.50. The predicted molar refractivity (Wildman–Crippen MR) is 68.9 cm³/mol. The highest BCUT2D eigenvalue weighted by Gasteiger charge is 2.23. The Hall–Kier alpha value is -1.54. The van der Waals surface area contributed by atoms with Crippen LogP contribution in [0.15, 0.2) is 41.2 Å². The zero-order chi connectivity index (χ0) is 11.8. The number of fused-ring (bicyclic) bond motifs is 1. The molecule has 2 aromatic rings. The van der Waals surface area contributed by atoms with Gasteiger partial charge in [0.25, 0.3) is 0 Å². The second-order valence-corrected chi connectivity index (χ2v) is 4.79. The highest BCUT2D eigenvalue weighted by molar-refractivity contribution is 5.68. The Morgan fingerprint density at radius 3 is 2.94 bits per heavy atom. The molecule has 0 saturated heterocycles. The van der Waals surface area contributed by atoms with Crippen molar-refractivity contribution in [3.63, 3.8) is 0 Å². The van der Waals surface area contributed by atoms with Crippen LogP contribution in [0.25, 0.3) is 11.1 Å². The maximum Gasteiger partial charge on any atom is 0.0981 e. The number of hydrogen-bond donors (Lipinski definition) is 0. The molecule has 0 fully saturated rings. The molecule has 2 nitrogen and oxygen atoms in total. The minimum atomic E-state index is 0.505. The first-order chi connectivity index (χ1) is 8.27. The summed E-state index contributed by atoms with van der Waals surface area (Å²) < 4.78 is 5.20. The van der Waals surface area contributed by atoms with Crippen molar-refractivity contribution in [3.05, 3.63) is 47.9 Å². The number of hydrogen-bond acceptors (Lipinski definition) is 2. The van der Waals surface area contributed by atoms with Crippen molar-refractivity contribution in [2.45, 2.75) is 19.4 Å². The topological polar surface area (TPSA) is 16.4 Å². The van der Waals surface area contributed by atoms with E-state index in [4.69, 9.17) is 4.42 Å². The van der Waals surface area contributed by atoms with Crippen LogP contribution in [-0.2, 0) is 6.42 Å². The smallest absolute Gasteiger partial charge is 0.0981 e. The SMILES string of the molecule is CC1c2cccc(-c3ccoc3)c2CCN1C. The zero-order valence-electron chi connectivity index (χ0n) is 10.3. The Kier molecular flexibility index (Phi) is 2.52. The van der Waals surface area contributed by atoms with Crippen LogP contribution >= 0.6 is 0 Å². The van der Waals surface area contributed by atoms with Crippen molar-refractivity contribution in [2.75, 3.05) is 13.6 Å². The van der Waals surface area contributed by atoms with E-state index >= 15 is 0 Å². The lowest BCUT2D eigenvalue weighted by Crippen LogP contribution is -2.30. The van der Waals surface area contributed by atoms with Gasteiger partial charge in [-0.1, -0.05) is 18.2 Å². The average Bonchev–Trinajstić information content (AvgIpc) is 2.87. The van der Waals surface area contributed by atoms with Crippen LogP contribution in [0.2, 0.25) is 0 Å². The third-order valence-electron chi connectivity index (χ3n) is 3.87. The summed E-state index contributed by atoms with van der Waals surface area (Å²) >= 11 is 0. The molecule has 0 amide bonds. The summed E-state index contributed by atoms with van der Waals surface area (Å²) in [7, 11) is 2.19. The summed E-state index contributed by atoms with van der Waals surface area (Å²) in [6.45, 7) is 3.40. The molecule has 1 aromatic heterocycles. The van der Waals surface area contributed by atoms with Gasteiger partial charge in [-0.25, -0.2) is 0 Å². The normalized spacial score (nSPS) is 20.2. The summed E-state index contributed by atoms with van der Waals surface area (Å²) in [5.41, 5.74) is 5.46. The van der Waals surface area contributed by atoms with Crippen molar-refractivity contribution in [2.24, 2.45) is 0 Å². The molecule has 1 aromatic carbocycles. The molecule has 0 radical (unpaired) electrons. The molecule has 1 aliphatic rings. The molecule has 88 valence electrons. The summed E-state index contributed by atoms with van der Waals surface area (Å²) in [5, 5.41) is 0. The van der Waals surface area contributed by atoms with Crippen molar-refractivity contribution < 1.29 is 4.42 Å². The zero-order valence-corrected chi connectivity index (χ0v) is 10.3. The van der Waals surface area contributed by atoms with Gasteiger partial charge in [0.15, 0.2) is 0 Å². The third kappa shape index (κ3) is 1.69. The van der Waals surface area contributed by atoms with Gasteiger partial charge in [-0.3, -0.25) is 4.90 Å². The molecule has 0 N–H and O–H groups in total. The molecule has 3 rings (SSSR count). The largest absolute Gasteiger partial charge is 0.472 e. The summed E-state index contributed by atoms with van der Waals surface area (Å²) in [6, 6.07) is 9.14. The number of rotatable bonds is 1. The fourth-order valence-corrected chi connectivity index (χ4v) is 2.68. The maximum atomic E-state index is 5.20. The van der Waals surface area contributed by atoms with E-state index in [2.05, 4.69) is 37.1 Å². The van der Waals surface area contributed by atoms with Crippen LogP contribution < -0.4 is 0 Å². The van der Waals surface area contributed by atoms with Crippen LogP contribution in [-0.4, -0.2) is 18.5 Å². The number of likely N-dealkylation sites (N-methyl/N-ethyl adjacent to an activating group) is 1. The lowest BCUT2D eigenvalue weighted by atomic mass is 9.88. The highest BCUT2D eigenvalue weighted by atomic mass is 16.3. The lowest BCUT2D eigenvalue weighted by Gasteiger charge is -2.33. The first kappa shape index (κ1) is 10.6. The van der Waals surface area contributed by atoms with Crippen LogP contribution in [0.5, 0.6) is 0 Å². The summed E-state index contributed by atoms with van der Waals surface area (Å²) in [4.78, 5) is 2.40. The molecule has 0 aliphatic carbocycles. The minimum Gasteiger partial charge on any atom is -0.472 e. The molecule has 1 atom stereocenters. The van der Waals surface area contributed by atoms with Gasteiger partial charge in [-0.05, 0) is 43.1 Å². The van der Waals surface area contributed by atoms with Gasteiger partial charge in [-0.2, -0.15) is 0 Å². The minimum absolute atomic E-state index is 0.505. The van der Waals surface area contributed by atoms with Gasteiger partial charge in [0, 0.05) is 18.2 Å². The molecule has 1 unspecified atom stereocenters. The molecular weight excluding hydrogens is 210 g/mol. The van der Waals surface area contributed by atoms with Gasteiger partial charge in [0.1, 0.15) is 0 Å². The first-order valence-corrected chi connectivity index (χ1v) is 6.12. The molecule has 0 bridgehead atoms. The van der Waals surface area contributed by atoms with Gasteiger partial charge >= 0.3 is 0 Å². The Balaban J connectivity index is 2.14. The van der Waals surface area contributed by atoms with Crippen molar-refractivity contribution >= 4 is 0 Å². The fraction of sp³-hybridized carbons (Fsp3) is 0.333. The maximum absolute atomic E-state index is 5.20. The van der Waals surface area contributed by atoms with Crippen LogP contribution in [0, 0.1) is 0 Å². The van der Waals surface area contributed by atoms with E-state index in [1.165, 1.54) is 22.3 Å². The van der Waals surface area contributed by atoms with Gasteiger partial charge in [0.2, 0.25) is 0 Å². The molecule has 1 aliphatic heterocycles. The molecule has 17 heavy (non-hydrogen) atoms. The Bertz CT molecular complexity index is 516. The van der Waals surface area contributed by atoms with Crippen molar-refractivity contribution in [1.29, 1.82) is 0 Å². The number of furan rings is 1. The number of nitrogens with zero attached hydrogens (tertiary/aromatic N) is 1. The Morgan fingerprint density at radius 2 is 2.18 bits per heavy atom. The molecule has 0 spiro atoms. The molecule has 2 heterocycles. The third-order valence-corrected chi connectivity index (χ3v) is 3.87. The van der Waals surface area contributed by atoms with Gasteiger partial charge in [0.05, 0.1) is 12.5 Å². The standard InChI is InChI=1S/C15H17NO/c1-11-13-4-3-5-14(12-7-9-17-10-12)15(13)6-8-16(11)2/h3-5,7,9-11H,6,8H2,1-2H3. The Morgan fingerprint density at radius 1 is 1.29 bits per heavy atom. The average molecular weight is 227 g/mol. The van der Waals surface area contributed by atoms with Gasteiger partial charge < -0.3 is 4.42 Å². The van der Waals surface area contributed by atoms with Gasteiger partial charge in [-0.15, -0.1) is 0 Å². The van der Waals surface area contributed by atoms with E-state index in [9.17, 15) is 0 Å². The molecule has 2 heteroatoms. The van der Waals surface area contributed by atoms with E-state index in [0.717, 1.165) is 13.0 Å². The highest BCUT2D eigenvalue weighted by Crippen LogP contribution is 2.34. The van der Waals surface area contributed by atoms with E-state index < -0.39 is 0 Å². The quantitative estimate of drug-likeness (QED) is 0.741. The van der Waals surface area contributed by atoms with E-state index in [1.807, 2.05) is 12.3 Å². The van der Waals surface area contributed by atoms with E-state index in [-0.39, 0.29) is 0 Å². The van der Waals surface area contributed by atoms with E-state index in [0.29, 0.717) is 6.04 Å². The molecule has 0 saturated carbocycles. The van der Waals surface area contributed by atoms with Crippen LogP contribution in [0.4, 0.5) is 0 Å². The monoisotopic (exact) mass is 227 g/mol. The van der Waals surface area contributed by atoms with Crippen LogP contribution in [0.3, 0.4) is 0 Å². The second kappa shape index (κ2) is 4.04. The summed E-state index contributed by atoms with van der Waals surface area (Å²) in [6.07, 6.45) is 4.70. The van der Waals surface area contributed by atoms with Crippen LogP contribution in [0.1, 0.15) is 24.1 Å². The van der Waals surface area contributed by atoms with Crippen molar-refractivity contribution in [3.8, 4) is 11.1 Å².